The molecule has 1 aliphatic heterocycles. The van der Waals surface area contributed by atoms with Gasteiger partial charge in [0.25, 0.3) is 0 Å². The normalized spacial score (nSPS) is 15.1. The molecule has 1 saturated heterocycles. The van der Waals surface area contributed by atoms with E-state index in [4.69, 9.17) is 32.7 Å². The van der Waals surface area contributed by atoms with Gasteiger partial charge in [0, 0.05) is 24.7 Å². The van der Waals surface area contributed by atoms with Crippen LogP contribution in [-0.4, -0.2) is 25.5 Å². The lowest BCUT2D eigenvalue weighted by Crippen LogP contribution is -2.36. The number of ether oxygens (including phenoxy) is 2. The summed E-state index contributed by atoms with van der Waals surface area (Å²) in [6, 6.07) is 15.9. The molecule has 0 aromatic heterocycles. The number of amides is 2. The van der Waals surface area contributed by atoms with E-state index in [2.05, 4.69) is 10.9 Å². The molecule has 4 rings (SSSR count). The maximum Gasteiger partial charge on any atom is 0.243 e. The molecule has 1 atom stereocenters. The highest BCUT2D eigenvalue weighted by Crippen LogP contribution is 2.31. The summed E-state index contributed by atoms with van der Waals surface area (Å²) in [5, 5.41) is 0.912. The number of nitrogens with one attached hydrogen (secondary N) is 2. The van der Waals surface area contributed by atoms with Crippen molar-refractivity contribution >= 4 is 46.4 Å². The summed E-state index contributed by atoms with van der Waals surface area (Å²) < 4.78 is 24.4. The fourth-order valence-corrected chi connectivity index (χ4v) is 3.97. The van der Waals surface area contributed by atoms with Gasteiger partial charge >= 0.3 is 0 Å². The molecule has 0 radical (unpaired) electrons. The highest BCUT2D eigenvalue weighted by molar-refractivity contribution is 6.42. The number of carbonyl (C=O) groups excluding carboxylic acids is 2. The standard InChI is InChI=1S/C25H22Cl2FN3O4/c1-34-23-12-18(5-9-22(23)35-14-15-2-8-20(26)21(27)10-15)29-30-25(33)16-11-24(32)31(13-16)19-6-3-17(28)4-7-19/h2-10,12,16,29H,11,13-14H2,1H3,(H,30,33)/t16-/m0/s1. The summed E-state index contributed by atoms with van der Waals surface area (Å²) in [5.74, 6) is -0.491. The van der Waals surface area contributed by atoms with Crippen LogP contribution < -0.4 is 25.2 Å². The van der Waals surface area contributed by atoms with Gasteiger partial charge in [-0.2, -0.15) is 0 Å². The number of halogens is 3. The summed E-state index contributed by atoms with van der Waals surface area (Å²) in [5.41, 5.74) is 7.44. The second-order valence-electron chi connectivity index (χ2n) is 7.90. The zero-order chi connectivity index (χ0) is 24.9. The summed E-state index contributed by atoms with van der Waals surface area (Å²) in [4.78, 5) is 26.5. The van der Waals surface area contributed by atoms with E-state index in [1.54, 1.807) is 30.3 Å². The average molecular weight is 518 g/mol. The monoisotopic (exact) mass is 517 g/mol. The van der Waals surface area contributed by atoms with E-state index < -0.39 is 5.92 Å². The minimum atomic E-state index is -0.546. The minimum absolute atomic E-state index is 0.0652. The quantitative estimate of drug-likeness (QED) is 0.400. The van der Waals surface area contributed by atoms with Crippen molar-refractivity contribution < 1.29 is 23.5 Å². The molecular weight excluding hydrogens is 496 g/mol. The molecule has 3 aromatic carbocycles. The molecule has 0 bridgehead atoms. The first-order valence-electron chi connectivity index (χ1n) is 10.7. The van der Waals surface area contributed by atoms with E-state index in [0.717, 1.165) is 5.56 Å². The third-order valence-electron chi connectivity index (χ3n) is 5.51. The zero-order valence-corrected chi connectivity index (χ0v) is 20.2. The number of nitrogens with zero attached hydrogens (tertiary/aromatic N) is 1. The van der Waals surface area contributed by atoms with Crippen LogP contribution in [0.3, 0.4) is 0 Å². The van der Waals surface area contributed by atoms with Crippen LogP contribution in [0.4, 0.5) is 15.8 Å². The SMILES string of the molecule is COc1cc(NNC(=O)[C@H]2CC(=O)N(c3ccc(F)cc3)C2)ccc1OCc1ccc(Cl)c(Cl)c1. The predicted octanol–water partition coefficient (Wildman–Crippen LogP) is 5.22. The number of hydrogen-bond acceptors (Lipinski definition) is 5. The number of rotatable bonds is 8. The Hall–Kier alpha value is -3.49. The highest BCUT2D eigenvalue weighted by atomic mass is 35.5. The number of carbonyl (C=O) groups is 2. The van der Waals surface area contributed by atoms with Crippen LogP contribution >= 0.6 is 23.2 Å². The maximum absolute atomic E-state index is 13.2. The molecule has 1 fully saturated rings. The average Bonchev–Trinajstić information content (AvgIpc) is 3.25. The van der Waals surface area contributed by atoms with E-state index in [-0.39, 0.29) is 37.2 Å². The topological polar surface area (TPSA) is 79.9 Å². The maximum atomic E-state index is 13.2. The van der Waals surface area contributed by atoms with Crippen molar-refractivity contribution in [3.8, 4) is 11.5 Å². The zero-order valence-electron chi connectivity index (χ0n) is 18.7. The Morgan fingerprint density at radius 1 is 1.06 bits per heavy atom. The molecule has 3 aromatic rings. The van der Waals surface area contributed by atoms with Gasteiger partial charge < -0.3 is 14.4 Å². The minimum Gasteiger partial charge on any atom is -0.493 e. The molecule has 0 unspecified atom stereocenters. The first-order chi connectivity index (χ1) is 16.8. The lowest BCUT2D eigenvalue weighted by atomic mass is 10.1. The molecule has 10 heteroatoms. The molecule has 0 aliphatic carbocycles. The van der Waals surface area contributed by atoms with Crippen LogP contribution in [0, 0.1) is 11.7 Å². The van der Waals surface area contributed by atoms with Crippen LogP contribution in [0.1, 0.15) is 12.0 Å². The second-order valence-corrected chi connectivity index (χ2v) is 8.71. The highest BCUT2D eigenvalue weighted by Gasteiger charge is 2.35. The van der Waals surface area contributed by atoms with Gasteiger partial charge in [0.1, 0.15) is 12.4 Å². The molecule has 1 aliphatic rings. The van der Waals surface area contributed by atoms with Crippen molar-refractivity contribution in [2.24, 2.45) is 5.92 Å². The molecule has 2 amide bonds. The third kappa shape index (κ3) is 5.96. The molecule has 0 spiro atoms. The van der Waals surface area contributed by atoms with Gasteiger partial charge in [-0.3, -0.25) is 20.4 Å². The van der Waals surface area contributed by atoms with Crippen molar-refractivity contribution in [2.45, 2.75) is 13.0 Å². The Morgan fingerprint density at radius 3 is 2.54 bits per heavy atom. The number of methoxy groups -OCH3 is 1. The van der Waals surface area contributed by atoms with Crippen molar-refractivity contribution in [3.05, 3.63) is 82.1 Å². The lowest BCUT2D eigenvalue weighted by molar-refractivity contribution is -0.125. The Labute approximate surface area is 211 Å². The van der Waals surface area contributed by atoms with Crippen LogP contribution in [0.25, 0.3) is 0 Å². The van der Waals surface area contributed by atoms with E-state index >= 15 is 0 Å². The molecule has 2 N–H and O–H groups in total. The van der Waals surface area contributed by atoms with Crippen LogP contribution in [0.2, 0.25) is 10.0 Å². The number of anilines is 2. The van der Waals surface area contributed by atoms with Gasteiger partial charge in [0.05, 0.1) is 28.8 Å². The third-order valence-corrected chi connectivity index (χ3v) is 6.25. The first-order valence-corrected chi connectivity index (χ1v) is 11.5. The molecule has 182 valence electrons. The van der Waals surface area contributed by atoms with Crippen molar-refractivity contribution in [1.82, 2.24) is 5.43 Å². The van der Waals surface area contributed by atoms with Gasteiger partial charge in [0.15, 0.2) is 11.5 Å². The Bertz CT molecular complexity index is 1240. The van der Waals surface area contributed by atoms with Gasteiger partial charge in [-0.15, -0.1) is 0 Å². The van der Waals surface area contributed by atoms with Gasteiger partial charge in [0.2, 0.25) is 11.8 Å². The van der Waals surface area contributed by atoms with Crippen LogP contribution in [-0.2, 0) is 16.2 Å². The number of hydrogen-bond donors (Lipinski definition) is 2. The molecule has 0 saturated carbocycles. The van der Waals surface area contributed by atoms with Crippen molar-refractivity contribution in [2.75, 3.05) is 24.0 Å². The summed E-state index contributed by atoms with van der Waals surface area (Å²) in [6.07, 6.45) is 0.0652. The number of benzene rings is 3. The molecule has 1 heterocycles. The van der Waals surface area contributed by atoms with Crippen LogP contribution in [0.5, 0.6) is 11.5 Å². The number of hydrazine groups is 1. The Morgan fingerprint density at radius 2 is 1.83 bits per heavy atom. The second kappa shape index (κ2) is 10.8. The predicted molar refractivity (Wildman–Crippen MR) is 132 cm³/mol. The van der Waals surface area contributed by atoms with Crippen molar-refractivity contribution in [1.29, 1.82) is 0 Å². The Kier molecular flexibility index (Phi) is 7.63. The van der Waals surface area contributed by atoms with E-state index in [1.807, 2.05) is 6.07 Å². The van der Waals surface area contributed by atoms with Gasteiger partial charge in [-0.05, 0) is 54.1 Å². The van der Waals surface area contributed by atoms with E-state index in [9.17, 15) is 14.0 Å². The molecular formula is C25H22Cl2FN3O4. The first kappa shape index (κ1) is 24.6. The summed E-state index contributed by atoms with van der Waals surface area (Å²) in [7, 11) is 1.51. The smallest absolute Gasteiger partial charge is 0.243 e. The fraction of sp³-hybridized carbons (Fsp3) is 0.200. The largest absolute Gasteiger partial charge is 0.493 e. The van der Waals surface area contributed by atoms with E-state index in [1.165, 1.54) is 36.3 Å². The summed E-state index contributed by atoms with van der Waals surface area (Å²) in [6.45, 7) is 0.472. The Balaban J connectivity index is 1.33. The summed E-state index contributed by atoms with van der Waals surface area (Å²) >= 11 is 12.0. The lowest BCUT2D eigenvalue weighted by Gasteiger charge is -2.17. The fourth-order valence-electron chi connectivity index (χ4n) is 3.64. The van der Waals surface area contributed by atoms with Crippen LogP contribution in [0.15, 0.2) is 60.7 Å². The van der Waals surface area contributed by atoms with Gasteiger partial charge in [-0.1, -0.05) is 29.3 Å². The van der Waals surface area contributed by atoms with Crippen molar-refractivity contribution in [3.63, 3.8) is 0 Å². The van der Waals surface area contributed by atoms with E-state index in [0.29, 0.717) is 32.9 Å². The molecule has 35 heavy (non-hydrogen) atoms. The van der Waals surface area contributed by atoms with Gasteiger partial charge in [-0.25, -0.2) is 4.39 Å². The molecule has 7 nitrogen and oxygen atoms in total.